The fourth-order valence-electron chi connectivity index (χ4n) is 7.59. The molecule has 1 atom stereocenters. The fraction of sp³-hybridized carbons (Fsp3) is 0.500. The first kappa shape index (κ1) is 36.5. The van der Waals surface area contributed by atoms with Crippen molar-refractivity contribution in [1.29, 1.82) is 0 Å². The maximum Gasteiger partial charge on any atom is 0.472 e. The van der Waals surface area contributed by atoms with Gasteiger partial charge >= 0.3 is 20.0 Å². The molecule has 2 fully saturated rings. The van der Waals surface area contributed by atoms with Crippen molar-refractivity contribution in [2.75, 3.05) is 33.0 Å². The van der Waals surface area contributed by atoms with Crippen LogP contribution in [0.25, 0.3) is 27.8 Å². The van der Waals surface area contributed by atoms with Crippen molar-refractivity contribution >= 4 is 42.5 Å². The van der Waals surface area contributed by atoms with E-state index in [1.807, 2.05) is 26.1 Å². The maximum atomic E-state index is 14.5. The Kier molecular flexibility index (Phi) is 10.3. The first-order valence-electron chi connectivity index (χ1n) is 17.0. The second kappa shape index (κ2) is 14.4. The summed E-state index contributed by atoms with van der Waals surface area (Å²) in [5.74, 6) is -0.115. The highest BCUT2D eigenvalue weighted by molar-refractivity contribution is 7.46. The minimum atomic E-state index is -4.85. The van der Waals surface area contributed by atoms with E-state index in [-0.39, 0.29) is 30.8 Å². The predicted molar refractivity (Wildman–Crippen MR) is 186 cm³/mol. The molecule has 1 unspecified atom stereocenters. The number of fused-ring (bicyclic) bond motifs is 2. The number of carbonyl (C=O) groups is 3. The Labute approximate surface area is 294 Å². The highest BCUT2D eigenvalue weighted by Gasteiger charge is 2.36. The molecular weight excluding hydrogens is 681 g/mol. The maximum absolute atomic E-state index is 14.5. The standard InChI is InChI=1S/C34H44N7O9P/c1-19(2)29-30-22(5)24(23-10-13-38(14-11-23)16-27(35)42)8-9-26(30)41(31(29)25-15-40-32(36-17-37-40)21(4)20(25)3)34(44)50-28-7-6-12-39(28)33(43)48-18-49-51(45,46)47/h8-9,15,17,19,23,28H,6-7,10-14,16,18H2,1-5H3,(H2,35,42)(H2,45,46,47). The molecular formula is C34H44N7O9P. The highest BCUT2D eigenvalue weighted by atomic mass is 31.2. The minimum Gasteiger partial charge on any atom is -0.425 e. The van der Waals surface area contributed by atoms with E-state index in [9.17, 15) is 18.9 Å². The number of pyridine rings is 1. The summed E-state index contributed by atoms with van der Waals surface area (Å²) in [6.07, 6.45) is 3.34. The number of aromatic nitrogens is 4. The molecule has 2 aliphatic rings. The Bertz CT molecular complexity index is 2040. The lowest BCUT2D eigenvalue weighted by Crippen LogP contribution is -2.39. The largest absolute Gasteiger partial charge is 0.472 e. The summed E-state index contributed by atoms with van der Waals surface area (Å²) in [6.45, 7) is 11.2. The van der Waals surface area contributed by atoms with Crippen LogP contribution in [-0.2, 0) is 23.4 Å². The number of rotatable bonds is 9. The lowest BCUT2D eigenvalue weighted by atomic mass is 9.84. The molecule has 5 heterocycles. The molecule has 274 valence electrons. The Morgan fingerprint density at radius 2 is 1.75 bits per heavy atom. The molecule has 0 radical (unpaired) electrons. The van der Waals surface area contributed by atoms with Crippen LogP contribution in [0, 0.1) is 20.8 Å². The van der Waals surface area contributed by atoms with Gasteiger partial charge in [0.15, 0.2) is 11.9 Å². The van der Waals surface area contributed by atoms with Crippen LogP contribution < -0.4 is 5.73 Å². The van der Waals surface area contributed by atoms with Gasteiger partial charge in [-0.15, -0.1) is 0 Å². The van der Waals surface area contributed by atoms with Crippen molar-refractivity contribution in [2.45, 2.75) is 78.4 Å². The van der Waals surface area contributed by atoms with Gasteiger partial charge in [-0.25, -0.2) is 32.7 Å². The van der Waals surface area contributed by atoms with E-state index in [1.165, 1.54) is 16.8 Å². The first-order chi connectivity index (χ1) is 24.2. The predicted octanol–water partition coefficient (Wildman–Crippen LogP) is 4.67. The van der Waals surface area contributed by atoms with Gasteiger partial charge in [0.25, 0.3) is 0 Å². The van der Waals surface area contributed by atoms with Crippen molar-refractivity contribution in [3.05, 3.63) is 52.5 Å². The summed E-state index contributed by atoms with van der Waals surface area (Å²) >= 11 is 0. The van der Waals surface area contributed by atoms with Gasteiger partial charge in [-0.2, -0.15) is 5.10 Å². The van der Waals surface area contributed by atoms with Gasteiger partial charge in [0, 0.05) is 30.1 Å². The molecule has 0 spiro atoms. The van der Waals surface area contributed by atoms with Crippen LogP contribution in [0.4, 0.5) is 9.59 Å². The zero-order chi connectivity index (χ0) is 36.8. The summed E-state index contributed by atoms with van der Waals surface area (Å²) in [4.78, 5) is 64.6. The number of amides is 2. The van der Waals surface area contributed by atoms with E-state index >= 15 is 0 Å². The van der Waals surface area contributed by atoms with E-state index in [4.69, 9.17) is 25.0 Å². The summed E-state index contributed by atoms with van der Waals surface area (Å²) in [5, 5.41) is 5.36. The number of carbonyl (C=O) groups excluding carboxylic acids is 3. The van der Waals surface area contributed by atoms with E-state index in [2.05, 4.69) is 46.3 Å². The number of benzene rings is 1. The third-order valence-corrected chi connectivity index (χ3v) is 10.5. The number of nitrogens with zero attached hydrogens (tertiary/aromatic N) is 6. The third-order valence-electron chi connectivity index (χ3n) is 10.1. The van der Waals surface area contributed by atoms with Crippen molar-refractivity contribution in [3.63, 3.8) is 0 Å². The number of hydrogen-bond acceptors (Lipinski definition) is 10. The zero-order valence-electron chi connectivity index (χ0n) is 29.4. The number of primary amides is 1. The van der Waals surface area contributed by atoms with Crippen LogP contribution in [-0.4, -0.2) is 96.0 Å². The van der Waals surface area contributed by atoms with Crippen LogP contribution in [0.15, 0.2) is 24.7 Å². The molecule has 2 amide bonds. The van der Waals surface area contributed by atoms with Crippen LogP contribution in [0.3, 0.4) is 0 Å². The molecule has 0 aliphatic carbocycles. The smallest absolute Gasteiger partial charge is 0.425 e. The fourth-order valence-corrected chi connectivity index (χ4v) is 7.78. The molecule has 0 bridgehead atoms. The lowest BCUT2D eigenvalue weighted by molar-refractivity contribution is -0.119. The van der Waals surface area contributed by atoms with Gasteiger partial charge in [0.05, 0.1) is 17.8 Å². The molecule has 4 N–H and O–H groups in total. The lowest BCUT2D eigenvalue weighted by Gasteiger charge is -2.32. The van der Waals surface area contributed by atoms with Gasteiger partial charge in [0.2, 0.25) is 12.7 Å². The molecule has 1 aromatic carbocycles. The van der Waals surface area contributed by atoms with E-state index in [0.29, 0.717) is 29.7 Å². The second-order valence-electron chi connectivity index (χ2n) is 13.6. The monoisotopic (exact) mass is 725 g/mol. The number of nitrogens with two attached hydrogens (primary N) is 1. The minimum absolute atomic E-state index is 0.0268. The second-order valence-corrected chi connectivity index (χ2v) is 14.8. The summed E-state index contributed by atoms with van der Waals surface area (Å²) in [7, 11) is -4.85. The quantitative estimate of drug-likeness (QED) is 0.159. The van der Waals surface area contributed by atoms with Gasteiger partial charge < -0.3 is 25.0 Å². The van der Waals surface area contributed by atoms with E-state index in [0.717, 1.165) is 59.1 Å². The van der Waals surface area contributed by atoms with Gasteiger partial charge in [0.1, 0.15) is 6.33 Å². The Morgan fingerprint density at radius 3 is 2.41 bits per heavy atom. The molecule has 17 heteroatoms. The molecule has 4 aromatic rings. The Hall–Kier alpha value is -4.34. The van der Waals surface area contributed by atoms with Crippen LogP contribution in [0.2, 0.25) is 0 Å². The van der Waals surface area contributed by atoms with Crippen LogP contribution in [0.1, 0.15) is 79.2 Å². The Morgan fingerprint density at radius 1 is 1.02 bits per heavy atom. The SMILES string of the molecule is Cc1c(-c2c(C(C)C)c3c(C)c(C4CCN(CC(N)=O)CC4)ccc3n2C(=O)OC2CCCN2C(=O)OCOP(=O)(O)O)cn2ncnc2c1C. The number of phosphoric ester groups is 1. The highest BCUT2D eigenvalue weighted by Crippen LogP contribution is 2.44. The molecule has 6 rings (SSSR count). The number of hydrogen-bond donors (Lipinski definition) is 3. The topological polar surface area (TPSA) is 204 Å². The van der Waals surface area contributed by atoms with Crippen molar-refractivity contribution in [2.24, 2.45) is 5.73 Å². The van der Waals surface area contributed by atoms with Gasteiger partial charge in [-0.3, -0.25) is 14.6 Å². The van der Waals surface area contributed by atoms with Crippen molar-refractivity contribution < 1.29 is 42.7 Å². The number of ether oxygens (including phenoxy) is 2. The summed E-state index contributed by atoms with van der Waals surface area (Å²) in [6, 6.07) is 4.03. The molecule has 3 aromatic heterocycles. The third kappa shape index (κ3) is 7.24. The van der Waals surface area contributed by atoms with Crippen LogP contribution >= 0.6 is 7.82 Å². The van der Waals surface area contributed by atoms with Crippen molar-refractivity contribution in [1.82, 2.24) is 29.0 Å². The van der Waals surface area contributed by atoms with E-state index < -0.39 is 33.0 Å². The summed E-state index contributed by atoms with van der Waals surface area (Å²) in [5.41, 5.74) is 13.3. The average Bonchev–Trinajstić information content (AvgIpc) is 3.80. The van der Waals surface area contributed by atoms with Gasteiger partial charge in [-0.05, 0) is 98.8 Å². The zero-order valence-corrected chi connectivity index (χ0v) is 30.3. The number of piperidine rings is 1. The summed E-state index contributed by atoms with van der Waals surface area (Å²) < 4.78 is 29.6. The molecule has 51 heavy (non-hydrogen) atoms. The first-order valence-corrected chi connectivity index (χ1v) is 18.5. The van der Waals surface area contributed by atoms with Crippen molar-refractivity contribution in [3.8, 4) is 11.3 Å². The normalized spacial score (nSPS) is 17.6. The molecule has 2 saturated heterocycles. The average molecular weight is 726 g/mol. The number of likely N-dealkylation sites (tertiary alicyclic amines) is 2. The van der Waals surface area contributed by atoms with Crippen LogP contribution in [0.5, 0.6) is 0 Å². The molecule has 2 aliphatic heterocycles. The van der Waals surface area contributed by atoms with E-state index in [1.54, 1.807) is 9.08 Å². The van der Waals surface area contributed by atoms with Gasteiger partial charge in [-0.1, -0.05) is 19.9 Å². The molecule has 0 saturated carbocycles. The molecule has 16 nitrogen and oxygen atoms in total. The Balaban J connectivity index is 1.45. The number of aryl methyl sites for hydroxylation is 2. The number of phosphoric acid groups is 1.